The molecule has 0 aromatic heterocycles. The van der Waals surface area contributed by atoms with Crippen molar-refractivity contribution in [1.82, 2.24) is 0 Å². The number of carbonyl (C=O) groups is 2. The maximum atomic E-state index is 12.3. The third-order valence-corrected chi connectivity index (χ3v) is 7.97. The van der Waals surface area contributed by atoms with Crippen LogP contribution in [0.25, 0.3) is 0 Å². The van der Waals surface area contributed by atoms with Crippen molar-refractivity contribution in [3.05, 3.63) is 24.3 Å². The van der Waals surface area contributed by atoms with Gasteiger partial charge in [-0.2, -0.15) is 0 Å². The summed E-state index contributed by atoms with van der Waals surface area (Å²) in [7, 11) is 0. The van der Waals surface area contributed by atoms with Crippen molar-refractivity contribution in [2.24, 2.45) is 0 Å². The van der Waals surface area contributed by atoms with Gasteiger partial charge in [0.2, 0.25) is 11.8 Å². The molecule has 40 heavy (non-hydrogen) atoms. The highest BCUT2D eigenvalue weighted by Gasteiger charge is 2.05. The lowest BCUT2D eigenvalue weighted by Crippen LogP contribution is -2.12. The molecule has 1 aromatic carbocycles. The average Bonchev–Trinajstić information content (AvgIpc) is 2.95. The van der Waals surface area contributed by atoms with E-state index in [0.29, 0.717) is 12.8 Å². The molecule has 0 heterocycles. The van der Waals surface area contributed by atoms with Gasteiger partial charge in [0.15, 0.2) is 0 Å². The number of hydrogen-bond acceptors (Lipinski definition) is 2. The summed E-state index contributed by atoms with van der Waals surface area (Å²) in [6, 6.07) is 7.50. The van der Waals surface area contributed by atoms with Gasteiger partial charge in [0, 0.05) is 24.2 Å². The first-order valence-electron chi connectivity index (χ1n) is 17.4. The molecule has 0 fully saturated rings. The molecule has 0 unspecified atom stereocenters. The fourth-order valence-corrected chi connectivity index (χ4v) is 5.34. The minimum absolute atomic E-state index is 0.0795. The number of unbranched alkanes of at least 4 members (excludes halogenated alkanes) is 22. The summed E-state index contributed by atoms with van der Waals surface area (Å²) in [5.41, 5.74) is 1.59. The summed E-state index contributed by atoms with van der Waals surface area (Å²) >= 11 is 0. The van der Waals surface area contributed by atoms with Crippen LogP contribution >= 0.6 is 0 Å². The van der Waals surface area contributed by atoms with Crippen LogP contribution in [0.3, 0.4) is 0 Å². The Balaban J connectivity index is 1.98. The van der Waals surface area contributed by atoms with E-state index in [1.54, 1.807) is 0 Å². The first-order chi connectivity index (χ1) is 19.7. The van der Waals surface area contributed by atoms with Crippen molar-refractivity contribution in [3.63, 3.8) is 0 Å². The molecular weight excluding hydrogens is 492 g/mol. The standard InChI is InChI=1S/C36H64N2O2/c1-3-5-7-9-11-13-15-17-19-21-23-25-27-35(39)37-33-29-31-34(32-30-33)38-36(40)28-26-24-22-20-18-16-14-12-10-8-6-4-2/h29-32H,3-28H2,1-2H3,(H,37,39)(H,38,40). The van der Waals surface area contributed by atoms with Gasteiger partial charge in [0.25, 0.3) is 0 Å². The van der Waals surface area contributed by atoms with Gasteiger partial charge >= 0.3 is 0 Å². The van der Waals surface area contributed by atoms with Crippen LogP contribution in [0.5, 0.6) is 0 Å². The molecule has 0 spiro atoms. The molecule has 0 atom stereocenters. The lowest BCUT2D eigenvalue weighted by Gasteiger charge is -2.08. The predicted molar refractivity (Wildman–Crippen MR) is 175 cm³/mol. The summed E-state index contributed by atoms with van der Waals surface area (Å²) < 4.78 is 0. The molecule has 0 aliphatic carbocycles. The van der Waals surface area contributed by atoms with Crippen molar-refractivity contribution in [3.8, 4) is 0 Å². The number of carbonyl (C=O) groups excluding carboxylic acids is 2. The minimum atomic E-state index is 0.0795. The van der Waals surface area contributed by atoms with E-state index < -0.39 is 0 Å². The monoisotopic (exact) mass is 556 g/mol. The van der Waals surface area contributed by atoms with Crippen molar-refractivity contribution < 1.29 is 9.59 Å². The molecule has 4 heteroatoms. The zero-order chi connectivity index (χ0) is 28.9. The molecule has 0 bridgehead atoms. The van der Waals surface area contributed by atoms with Crippen molar-refractivity contribution in [2.45, 2.75) is 181 Å². The third-order valence-electron chi connectivity index (χ3n) is 7.97. The van der Waals surface area contributed by atoms with Crippen LogP contribution < -0.4 is 10.6 Å². The Bertz CT molecular complexity index is 655. The average molecular weight is 557 g/mol. The van der Waals surface area contributed by atoms with E-state index in [4.69, 9.17) is 0 Å². The number of rotatable bonds is 28. The van der Waals surface area contributed by atoms with Crippen LogP contribution in [-0.2, 0) is 9.59 Å². The van der Waals surface area contributed by atoms with Crippen LogP contribution in [0.4, 0.5) is 11.4 Å². The zero-order valence-corrected chi connectivity index (χ0v) is 26.5. The van der Waals surface area contributed by atoms with Gasteiger partial charge in [0.05, 0.1) is 0 Å². The Labute approximate surface area is 248 Å². The molecular formula is C36H64N2O2. The molecule has 0 radical (unpaired) electrons. The second kappa shape index (κ2) is 27.3. The van der Waals surface area contributed by atoms with Gasteiger partial charge in [-0.25, -0.2) is 0 Å². The molecule has 230 valence electrons. The number of hydrogen-bond donors (Lipinski definition) is 2. The third kappa shape index (κ3) is 22.9. The summed E-state index contributed by atoms with van der Waals surface area (Å²) in [5.74, 6) is 0.159. The second-order valence-electron chi connectivity index (χ2n) is 12.0. The lowest BCUT2D eigenvalue weighted by molar-refractivity contribution is -0.117. The van der Waals surface area contributed by atoms with Gasteiger partial charge in [-0.05, 0) is 37.1 Å². The van der Waals surface area contributed by atoms with Crippen molar-refractivity contribution in [1.29, 1.82) is 0 Å². The smallest absolute Gasteiger partial charge is 0.224 e. The van der Waals surface area contributed by atoms with Crippen LogP contribution in [0.2, 0.25) is 0 Å². The van der Waals surface area contributed by atoms with Crippen molar-refractivity contribution in [2.75, 3.05) is 10.6 Å². The lowest BCUT2D eigenvalue weighted by atomic mass is 10.0. The predicted octanol–water partition coefficient (Wildman–Crippen LogP) is 11.7. The molecule has 0 aliphatic heterocycles. The Hall–Kier alpha value is -1.84. The Morgan fingerprint density at radius 2 is 0.625 bits per heavy atom. The van der Waals surface area contributed by atoms with Crippen LogP contribution in [0.1, 0.15) is 181 Å². The maximum absolute atomic E-state index is 12.3. The highest BCUT2D eigenvalue weighted by Crippen LogP contribution is 2.17. The Kier molecular flexibility index (Phi) is 24.7. The summed E-state index contributed by atoms with van der Waals surface area (Å²) in [5, 5.41) is 5.98. The van der Waals surface area contributed by atoms with Crippen LogP contribution in [0.15, 0.2) is 24.3 Å². The van der Waals surface area contributed by atoms with E-state index in [-0.39, 0.29) is 11.8 Å². The molecule has 0 aliphatic rings. The zero-order valence-electron chi connectivity index (χ0n) is 26.5. The van der Waals surface area contributed by atoms with Gasteiger partial charge in [-0.3, -0.25) is 9.59 Å². The normalized spacial score (nSPS) is 11.1. The summed E-state index contributed by atoms with van der Waals surface area (Å²) in [4.78, 5) is 24.5. The fraction of sp³-hybridized carbons (Fsp3) is 0.778. The largest absolute Gasteiger partial charge is 0.326 e. The van der Waals surface area contributed by atoms with E-state index in [0.717, 1.165) is 37.1 Å². The number of anilines is 2. The summed E-state index contributed by atoms with van der Waals surface area (Å²) in [6.45, 7) is 4.54. The Morgan fingerprint density at radius 1 is 0.400 bits per heavy atom. The highest BCUT2D eigenvalue weighted by atomic mass is 16.2. The van der Waals surface area contributed by atoms with Gasteiger partial charge < -0.3 is 10.6 Å². The number of nitrogens with one attached hydrogen (secondary N) is 2. The molecule has 0 saturated carbocycles. The minimum Gasteiger partial charge on any atom is -0.326 e. The highest BCUT2D eigenvalue weighted by molar-refractivity contribution is 5.92. The topological polar surface area (TPSA) is 58.2 Å². The Morgan fingerprint density at radius 3 is 0.875 bits per heavy atom. The van der Waals surface area contributed by atoms with E-state index in [1.165, 1.54) is 128 Å². The van der Waals surface area contributed by atoms with Crippen molar-refractivity contribution >= 4 is 23.2 Å². The number of amides is 2. The molecule has 2 N–H and O–H groups in total. The van der Waals surface area contributed by atoms with Gasteiger partial charge in [0.1, 0.15) is 0 Å². The quantitative estimate of drug-likeness (QED) is 0.101. The van der Waals surface area contributed by atoms with Crippen LogP contribution in [-0.4, -0.2) is 11.8 Å². The SMILES string of the molecule is CCCCCCCCCCCCCCC(=O)Nc1ccc(NC(=O)CCCCCCCCCCCCCC)cc1. The summed E-state index contributed by atoms with van der Waals surface area (Å²) in [6.07, 6.45) is 32.4. The first kappa shape index (κ1) is 36.2. The molecule has 2 amide bonds. The van der Waals surface area contributed by atoms with Gasteiger partial charge in [-0.15, -0.1) is 0 Å². The van der Waals surface area contributed by atoms with E-state index in [2.05, 4.69) is 24.5 Å². The second-order valence-corrected chi connectivity index (χ2v) is 12.0. The van der Waals surface area contributed by atoms with E-state index in [1.807, 2.05) is 24.3 Å². The van der Waals surface area contributed by atoms with Gasteiger partial charge in [-0.1, -0.05) is 155 Å². The van der Waals surface area contributed by atoms with Crippen LogP contribution in [0, 0.1) is 0 Å². The fourth-order valence-electron chi connectivity index (χ4n) is 5.34. The maximum Gasteiger partial charge on any atom is 0.224 e. The molecule has 4 nitrogen and oxygen atoms in total. The molecule has 1 rings (SSSR count). The molecule has 1 aromatic rings. The number of benzene rings is 1. The van der Waals surface area contributed by atoms with E-state index in [9.17, 15) is 9.59 Å². The first-order valence-corrected chi connectivity index (χ1v) is 17.4. The van der Waals surface area contributed by atoms with E-state index >= 15 is 0 Å². The molecule has 0 saturated heterocycles.